The molecule has 1 aromatic rings. The third-order valence-corrected chi connectivity index (χ3v) is 9.19. The highest BCUT2D eigenvalue weighted by molar-refractivity contribution is 5.93. The minimum Gasteiger partial charge on any atom is -0.378 e. The van der Waals surface area contributed by atoms with Gasteiger partial charge in [-0.15, -0.1) is 6.58 Å². The molecule has 0 saturated heterocycles. The number of benzene rings is 1. The van der Waals surface area contributed by atoms with E-state index in [1.807, 2.05) is 6.08 Å². The van der Waals surface area contributed by atoms with Crippen LogP contribution in [0.15, 0.2) is 59.7 Å². The fourth-order valence-corrected chi connectivity index (χ4v) is 7.65. The van der Waals surface area contributed by atoms with Gasteiger partial charge in [-0.05, 0) is 103 Å². The Morgan fingerprint density at radius 2 is 1.87 bits per heavy atom. The molecule has 5 atom stereocenters. The van der Waals surface area contributed by atoms with Crippen LogP contribution < -0.4 is 4.90 Å². The van der Waals surface area contributed by atoms with E-state index in [0.717, 1.165) is 31.1 Å². The average molecular weight is 416 g/mol. The van der Waals surface area contributed by atoms with Crippen LogP contribution in [0.2, 0.25) is 0 Å². The van der Waals surface area contributed by atoms with Crippen molar-refractivity contribution in [3.05, 3.63) is 65.3 Å². The number of rotatable bonds is 4. The molecule has 0 amide bonds. The van der Waals surface area contributed by atoms with Crippen molar-refractivity contribution >= 4 is 11.5 Å². The SMILES string of the molecule is C=CC[C@@H]1CC[C@H]2[C@@H]3CCC4=CC(=O)CCC4=C3[C@@H](c3ccc(N(C)C)cc3)C[C@]12C. The zero-order valence-corrected chi connectivity index (χ0v) is 19.5. The number of fused-ring (bicyclic) bond motifs is 4. The van der Waals surface area contributed by atoms with Crippen molar-refractivity contribution in [1.82, 2.24) is 0 Å². The van der Waals surface area contributed by atoms with E-state index in [9.17, 15) is 4.79 Å². The van der Waals surface area contributed by atoms with E-state index in [4.69, 9.17) is 0 Å². The van der Waals surface area contributed by atoms with Gasteiger partial charge in [-0.2, -0.15) is 0 Å². The van der Waals surface area contributed by atoms with E-state index in [1.54, 1.807) is 11.1 Å². The van der Waals surface area contributed by atoms with Gasteiger partial charge in [-0.25, -0.2) is 0 Å². The number of allylic oxidation sites excluding steroid dienone is 5. The molecule has 0 spiro atoms. The van der Waals surface area contributed by atoms with Gasteiger partial charge in [0.15, 0.2) is 5.78 Å². The standard InChI is InChI=1S/C29H37NO/c1-5-6-21-10-16-27-25-14-9-20-17-23(31)13-15-24(20)28(25)26(18-29(21,27)2)19-7-11-22(12-8-19)30(3)4/h5,7-8,11-12,17,21,25-27H,1,6,9-10,13-16,18H2,2-4H3/t21-,25+,26-,27+,29-/m1/s1. The Kier molecular flexibility index (Phi) is 5.23. The predicted octanol–water partition coefficient (Wildman–Crippen LogP) is 6.84. The van der Waals surface area contributed by atoms with Gasteiger partial charge in [0.05, 0.1) is 0 Å². The summed E-state index contributed by atoms with van der Waals surface area (Å²) in [7, 11) is 4.22. The zero-order chi connectivity index (χ0) is 21.8. The molecule has 2 fully saturated rings. The molecule has 5 rings (SSSR count). The van der Waals surface area contributed by atoms with Crippen molar-refractivity contribution in [1.29, 1.82) is 0 Å². The minimum absolute atomic E-state index is 0.331. The van der Waals surface area contributed by atoms with Crippen LogP contribution in [-0.2, 0) is 4.79 Å². The maximum atomic E-state index is 12.2. The smallest absolute Gasteiger partial charge is 0.156 e. The first-order valence-electron chi connectivity index (χ1n) is 12.3. The fraction of sp³-hybridized carbons (Fsp3) is 0.552. The van der Waals surface area contributed by atoms with Gasteiger partial charge in [0.25, 0.3) is 0 Å². The third-order valence-electron chi connectivity index (χ3n) is 9.19. The molecule has 164 valence electrons. The number of carbonyl (C=O) groups excluding carboxylic acids is 1. The van der Waals surface area contributed by atoms with E-state index < -0.39 is 0 Å². The summed E-state index contributed by atoms with van der Waals surface area (Å²) in [6.07, 6.45) is 13.2. The van der Waals surface area contributed by atoms with Crippen molar-refractivity contribution < 1.29 is 4.79 Å². The summed E-state index contributed by atoms with van der Waals surface area (Å²) in [4.78, 5) is 14.3. The Morgan fingerprint density at radius 3 is 2.58 bits per heavy atom. The maximum absolute atomic E-state index is 12.2. The van der Waals surface area contributed by atoms with Crippen LogP contribution in [0, 0.1) is 23.2 Å². The predicted molar refractivity (Wildman–Crippen MR) is 129 cm³/mol. The van der Waals surface area contributed by atoms with Crippen LogP contribution in [0.3, 0.4) is 0 Å². The Bertz CT molecular complexity index is 949. The van der Waals surface area contributed by atoms with Crippen LogP contribution >= 0.6 is 0 Å². The highest BCUT2D eigenvalue weighted by Crippen LogP contribution is 2.66. The molecule has 0 radical (unpaired) electrons. The molecule has 4 aliphatic carbocycles. The summed E-state index contributed by atoms with van der Waals surface area (Å²) >= 11 is 0. The number of anilines is 1. The molecule has 0 unspecified atom stereocenters. The van der Waals surface area contributed by atoms with Gasteiger partial charge in [0.1, 0.15) is 0 Å². The lowest BCUT2D eigenvalue weighted by Gasteiger charge is -2.53. The highest BCUT2D eigenvalue weighted by Gasteiger charge is 2.55. The number of hydrogen-bond acceptors (Lipinski definition) is 2. The zero-order valence-electron chi connectivity index (χ0n) is 19.5. The Balaban J connectivity index is 1.63. The monoisotopic (exact) mass is 415 g/mol. The van der Waals surface area contributed by atoms with Gasteiger partial charge in [0, 0.05) is 32.1 Å². The van der Waals surface area contributed by atoms with E-state index in [0.29, 0.717) is 29.5 Å². The van der Waals surface area contributed by atoms with Gasteiger partial charge in [-0.3, -0.25) is 4.79 Å². The maximum Gasteiger partial charge on any atom is 0.156 e. The fourth-order valence-electron chi connectivity index (χ4n) is 7.65. The van der Waals surface area contributed by atoms with Crippen molar-refractivity contribution in [3.63, 3.8) is 0 Å². The molecule has 0 heterocycles. The van der Waals surface area contributed by atoms with Gasteiger partial charge in [0.2, 0.25) is 0 Å². The number of hydrogen-bond donors (Lipinski definition) is 0. The van der Waals surface area contributed by atoms with E-state index >= 15 is 0 Å². The molecule has 2 nitrogen and oxygen atoms in total. The van der Waals surface area contributed by atoms with Gasteiger partial charge < -0.3 is 4.90 Å². The number of nitrogens with zero attached hydrogens (tertiary/aromatic N) is 1. The van der Waals surface area contributed by atoms with Gasteiger partial charge in [-0.1, -0.05) is 30.7 Å². The Morgan fingerprint density at radius 1 is 1.10 bits per heavy atom. The molecule has 0 N–H and O–H groups in total. The van der Waals surface area contributed by atoms with E-state index in [-0.39, 0.29) is 0 Å². The largest absolute Gasteiger partial charge is 0.378 e. The molecule has 1 aromatic carbocycles. The summed E-state index contributed by atoms with van der Waals surface area (Å²) < 4.78 is 0. The molecular formula is C29H37NO. The van der Waals surface area contributed by atoms with Crippen molar-refractivity contribution in [3.8, 4) is 0 Å². The van der Waals surface area contributed by atoms with E-state index in [2.05, 4.69) is 62.8 Å². The minimum atomic E-state index is 0.331. The van der Waals surface area contributed by atoms with Crippen LogP contribution in [0.25, 0.3) is 0 Å². The van der Waals surface area contributed by atoms with Crippen LogP contribution in [0.4, 0.5) is 5.69 Å². The Labute approximate surface area is 188 Å². The second-order valence-electron chi connectivity index (χ2n) is 10.9. The molecule has 2 saturated carbocycles. The second-order valence-corrected chi connectivity index (χ2v) is 10.9. The summed E-state index contributed by atoms with van der Waals surface area (Å²) in [6.45, 7) is 6.68. The highest BCUT2D eigenvalue weighted by atomic mass is 16.1. The number of ketones is 1. The summed E-state index contributed by atoms with van der Waals surface area (Å²) in [6, 6.07) is 9.31. The van der Waals surface area contributed by atoms with Gasteiger partial charge >= 0.3 is 0 Å². The number of carbonyl (C=O) groups is 1. The van der Waals surface area contributed by atoms with Crippen molar-refractivity contribution in [2.24, 2.45) is 23.2 Å². The first-order chi connectivity index (χ1) is 14.9. The third kappa shape index (κ3) is 3.34. The quantitative estimate of drug-likeness (QED) is 0.502. The lowest BCUT2D eigenvalue weighted by atomic mass is 9.52. The first kappa shape index (κ1) is 20.8. The molecule has 4 aliphatic rings. The van der Waals surface area contributed by atoms with Crippen molar-refractivity contribution in [2.75, 3.05) is 19.0 Å². The van der Waals surface area contributed by atoms with Crippen LogP contribution in [0.5, 0.6) is 0 Å². The second kappa shape index (κ2) is 7.80. The lowest BCUT2D eigenvalue weighted by Crippen LogP contribution is -2.43. The molecule has 0 aromatic heterocycles. The lowest BCUT2D eigenvalue weighted by molar-refractivity contribution is -0.114. The molecular weight excluding hydrogens is 378 g/mol. The summed E-state index contributed by atoms with van der Waals surface area (Å²) in [5, 5.41) is 0. The normalized spacial score (nSPS) is 34.5. The van der Waals surface area contributed by atoms with E-state index in [1.165, 1.54) is 42.5 Å². The first-order valence-corrected chi connectivity index (χ1v) is 12.3. The molecule has 0 aliphatic heterocycles. The summed E-state index contributed by atoms with van der Waals surface area (Å²) in [5.41, 5.74) is 7.76. The van der Waals surface area contributed by atoms with Crippen molar-refractivity contribution in [2.45, 2.75) is 64.2 Å². The summed E-state index contributed by atoms with van der Waals surface area (Å²) in [5.74, 6) is 3.05. The molecule has 0 bridgehead atoms. The topological polar surface area (TPSA) is 20.3 Å². The van der Waals surface area contributed by atoms with Crippen LogP contribution in [0.1, 0.15) is 69.8 Å². The molecule has 31 heavy (non-hydrogen) atoms. The average Bonchev–Trinajstić information content (AvgIpc) is 3.09. The molecule has 2 heteroatoms. The van der Waals surface area contributed by atoms with Crippen LogP contribution in [-0.4, -0.2) is 19.9 Å². The Hall–Kier alpha value is -2.09.